The summed E-state index contributed by atoms with van der Waals surface area (Å²) in [5, 5.41) is 15.8. The van der Waals surface area contributed by atoms with Gasteiger partial charge in [0.05, 0.1) is 24.1 Å². The van der Waals surface area contributed by atoms with E-state index >= 15 is 0 Å². The van der Waals surface area contributed by atoms with Crippen LogP contribution in [-0.2, 0) is 20.1 Å². The Kier molecular flexibility index (Phi) is 5.24. The monoisotopic (exact) mass is 371 g/mol. The fraction of sp³-hybridized carbons (Fsp3) is 0.684. The molecule has 2 aromatic heterocycles. The van der Waals surface area contributed by atoms with Crippen LogP contribution in [0.4, 0.5) is 0 Å². The number of carbonyl (C=O) groups is 1. The lowest BCUT2D eigenvalue weighted by Crippen LogP contribution is -2.33. The molecule has 0 unspecified atom stereocenters. The molecular formula is C19H29N7O. The SMILES string of the molecule is Cc1cc(CN2CCC[C@H]2Cn2cc(C(=O)NC3CCCC3)nn2)n(C)n1. The van der Waals surface area contributed by atoms with E-state index in [0.29, 0.717) is 17.8 Å². The minimum atomic E-state index is -0.0956. The fourth-order valence-electron chi connectivity index (χ4n) is 4.37. The third-order valence-electron chi connectivity index (χ3n) is 5.82. The van der Waals surface area contributed by atoms with E-state index in [9.17, 15) is 4.79 Å². The lowest BCUT2D eigenvalue weighted by atomic mass is 10.2. The Morgan fingerprint density at radius 2 is 2.07 bits per heavy atom. The summed E-state index contributed by atoms with van der Waals surface area (Å²) in [4.78, 5) is 14.8. The van der Waals surface area contributed by atoms with E-state index in [-0.39, 0.29) is 5.91 Å². The molecule has 8 nitrogen and oxygen atoms in total. The highest BCUT2D eigenvalue weighted by Gasteiger charge is 2.27. The van der Waals surface area contributed by atoms with Crippen LogP contribution in [0, 0.1) is 6.92 Å². The van der Waals surface area contributed by atoms with E-state index in [1.165, 1.54) is 25.0 Å². The van der Waals surface area contributed by atoms with E-state index < -0.39 is 0 Å². The minimum absolute atomic E-state index is 0.0956. The molecule has 1 atom stereocenters. The van der Waals surface area contributed by atoms with Crippen LogP contribution in [0.3, 0.4) is 0 Å². The molecular weight excluding hydrogens is 342 g/mol. The van der Waals surface area contributed by atoms with Gasteiger partial charge in [0.25, 0.3) is 5.91 Å². The highest BCUT2D eigenvalue weighted by molar-refractivity contribution is 5.92. The van der Waals surface area contributed by atoms with Crippen LogP contribution in [0.25, 0.3) is 0 Å². The first kappa shape index (κ1) is 18.2. The van der Waals surface area contributed by atoms with E-state index in [2.05, 4.69) is 31.7 Å². The van der Waals surface area contributed by atoms with Crippen molar-refractivity contribution in [3.8, 4) is 0 Å². The van der Waals surface area contributed by atoms with Gasteiger partial charge in [-0.05, 0) is 45.2 Å². The van der Waals surface area contributed by atoms with Crippen molar-refractivity contribution >= 4 is 5.91 Å². The molecule has 1 aliphatic heterocycles. The number of hydrogen-bond donors (Lipinski definition) is 1. The number of aromatic nitrogens is 5. The summed E-state index contributed by atoms with van der Waals surface area (Å²) in [7, 11) is 2.00. The minimum Gasteiger partial charge on any atom is -0.348 e. The molecule has 1 amide bonds. The normalized spacial score (nSPS) is 21.2. The van der Waals surface area contributed by atoms with Crippen molar-refractivity contribution in [1.82, 2.24) is 35.0 Å². The molecule has 8 heteroatoms. The third kappa shape index (κ3) is 4.21. The van der Waals surface area contributed by atoms with Crippen molar-refractivity contribution in [3.63, 3.8) is 0 Å². The Labute approximate surface area is 159 Å². The Morgan fingerprint density at radius 1 is 1.26 bits per heavy atom. The van der Waals surface area contributed by atoms with Gasteiger partial charge in [-0.25, -0.2) is 0 Å². The number of rotatable bonds is 6. The smallest absolute Gasteiger partial charge is 0.273 e. The first-order valence-electron chi connectivity index (χ1n) is 10.0. The number of hydrogen-bond acceptors (Lipinski definition) is 5. The van der Waals surface area contributed by atoms with Crippen molar-refractivity contribution in [2.24, 2.45) is 7.05 Å². The number of nitrogens with one attached hydrogen (secondary N) is 1. The van der Waals surface area contributed by atoms with Crippen molar-refractivity contribution in [2.75, 3.05) is 6.54 Å². The number of amides is 1. The molecule has 1 saturated carbocycles. The third-order valence-corrected chi connectivity index (χ3v) is 5.82. The molecule has 0 aromatic carbocycles. The Hall–Kier alpha value is -2.22. The number of carbonyl (C=O) groups excluding carboxylic acids is 1. The van der Waals surface area contributed by atoms with E-state index in [1.54, 1.807) is 6.20 Å². The molecule has 1 aliphatic carbocycles. The molecule has 1 saturated heterocycles. The highest BCUT2D eigenvalue weighted by atomic mass is 16.2. The van der Waals surface area contributed by atoms with Crippen molar-refractivity contribution in [1.29, 1.82) is 0 Å². The molecule has 146 valence electrons. The summed E-state index contributed by atoms with van der Waals surface area (Å²) in [6.45, 7) is 4.77. The van der Waals surface area contributed by atoms with Crippen molar-refractivity contribution < 1.29 is 4.79 Å². The predicted octanol–water partition coefficient (Wildman–Crippen LogP) is 1.66. The standard InChI is InChI=1S/C19H29N7O/c1-14-10-17(24(2)22-14)11-25-9-5-8-16(25)12-26-13-18(21-23-26)19(27)20-15-6-3-4-7-15/h10,13,15-16H,3-9,11-12H2,1-2H3,(H,20,27)/t16-/m0/s1. The topological polar surface area (TPSA) is 80.9 Å². The zero-order valence-electron chi connectivity index (χ0n) is 16.3. The zero-order valence-corrected chi connectivity index (χ0v) is 16.3. The van der Waals surface area contributed by atoms with Gasteiger partial charge in [-0.3, -0.25) is 19.1 Å². The molecule has 27 heavy (non-hydrogen) atoms. The van der Waals surface area contributed by atoms with Crippen LogP contribution in [0.5, 0.6) is 0 Å². The van der Waals surface area contributed by atoms with Crippen LogP contribution in [0.1, 0.15) is 60.4 Å². The summed E-state index contributed by atoms with van der Waals surface area (Å²) < 4.78 is 3.78. The Balaban J connectivity index is 1.36. The number of nitrogens with zero attached hydrogens (tertiary/aromatic N) is 6. The highest BCUT2D eigenvalue weighted by Crippen LogP contribution is 2.22. The molecule has 0 bridgehead atoms. The van der Waals surface area contributed by atoms with Gasteiger partial charge in [0.15, 0.2) is 5.69 Å². The molecule has 0 radical (unpaired) electrons. The van der Waals surface area contributed by atoms with Crippen LogP contribution >= 0.6 is 0 Å². The van der Waals surface area contributed by atoms with E-state index in [0.717, 1.165) is 44.6 Å². The first-order valence-corrected chi connectivity index (χ1v) is 10.0. The molecule has 2 fully saturated rings. The lowest BCUT2D eigenvalue weighted by Gasteiger charge is -2.24. The zero-order chi connectivity index (χ0) is 18.8. The van der Waals surface area contributed by atoms with Crippen LogP contribution in [0.2, 0.25) is 0 Å². The average Bonchev–Trinajstić information content (AvgIpc) is 3.40. The fourth-order valence-corrected chi connectivity index (χ4v) is 4.37. The molecule has 4 rings (SSSR count). The summed E-state index contributed by atoms with van der Waals surface area (Å²) in [5.41, 5.74) is 2.71. The number of likely N-dealkylation sites (tertiary alicyclic amines) is 1. The van der Waals surface area contributed by atoms with Gasteiger partial charge >= 0.3 is 0 Å². The number of aryl methyl sites for hydroxylation is 2. The second kappa shape index (κ2) is 7.80. The quantitative estimate of drug-likeness (QED) is 0.835. The van der Waals surface area contributed by atoms with Gasteiger partial charge in [0.2, 0.25) is 0 Å². The van der Waals surface area contributed by atoms with E-state index in [1.807, 2.05) is 23.3 Å². The van der Waals surface area contributed by atoms with Crippen molar-refractivity contribution in [2.45, 2.75) is 70.6 Å². The molecule has 0 spiro atoms. The maximum absolute atomic E-state index is 12.3. The van der Waals surface area contributed by atoms with Gasteiger partial charge < -0.3 is 5.32 Å². The average molecular weight is 371 g/mol. The molecule has 3 heterocycles. The first-order chi connectivity index (χ1) is 13.1. The van der Waals surface area contributed by atoms with Crippen LogP contribution < -0.4 is 5.32 Å². The van der Waals surface area contributed by atoms with Gasteiger partial charge in [-0.1, -0.05) is 18.1 Å². The summed E-state index contributed by atoms with van der Waals surface area (Å²) in [5.74, 6) is -0.0956. The second-order valence-corrected chi connectivity index (χ2v) is 7.95. The van der Waals surface area contributed by atoms with E-state index in [4.69, 9.17) is 0 Å². The Bertz CT molecular complexity index is 790. The van der Waals surface area contributed by atoms with Crippen LogP contribution in [0.15, 0.2) is 12.3 Å². The summed E-state index contributed by atoms with van der Waals surface area (Å²) in [6.07, 6.45) is 8.66. The lowest BCUT2D eigenvalue weighted by molar-refractivity contribution is 0.0932. The predicted molar refractivity (Wildman–Crippen MR) is 101 cm³/mol. The summed E-state index contributed by atoms with van der Waals surface area (Å²) in [6, 6.07) is 2.86. The van der Waals surface area contributed by atoms with Gasteiger partial charge in [-0.2, -0.15) is 5.10 Å². The maximum atomic E-state index is 12.3. The molecule has 2 aliphatic rings. The second-order valence-electron chi connectivity index (χ2n) is 7.95. The van der Waals surface area contributed by atoms with Gasteiger partial charge in [0.1, 0.15) is 0 Å². The largest absolute Gasteiger partial charge is 0.348 e. The summed E-state index contributed by atoms with van der Waals surface area (Å²) >= 11 is 0. The van der Waals surface area contributed by atoms with Crippen LogP contribution in [-0.4, -0.2) is 54.2 Å². The Morgan fingerprint density at radius 3 is 2.81 bits per heavy atom. The van der Waals surface area contributed by atoms with Gasteiger partial charge in [-0.15, -0.1) is 5.10 Å². The molecule has 1 N–H and O–H groups in total. The van der Waals surface area contributed by atoms with Gasteiger partial charge in [0, 0.05) is 25.7 Å². The molecule has 2 aromatic rings. The maximum Gasteiger partial charge on any atom is 0.273 e. The van der Waals surface area contributed by atoms with Crippen molar-refractivity contribution in [3.05, 3.63) is 29.3 Å².